The summed E-state index contributed by atoms with van der Waals surface area (Å²) in [6.07, 6.45) is 9.84. The monoisotopic (exact) mass is 1410 g/mol. The predicted molar refractivity (Wildman–Crippen MR) is 396 cm³/mol. The standard InChI is InChI=1S/3C27H20ClN3O3/c28-22-15-21(27(33)26-19(22)12-6-14-30-26)25(20-11-4-7-17-8-5-13-29-24(17)20)31-23(32)16-34-18-9-2-1-3-10-18;28-22-15-21(27(33)26-20(22)11-6-14-30-26)25(19-9-4-12-23-18(19)10-5-13-29-23)31-24(32)16-34-17-7-2-1-3-8-17;28-22-15-21(27(33)26-20(22)10-6-13-30-26)25(19-12-14-29-23-11-5-4-9-18(19)23)31-24(32)16-34-17-7-2-1-3-8-17/h3*1-15,25,33H,16H2,(H,31,32). The smallest absolute Gasteiger partial charge is 0.258 e. The van der Waals surface area contributed by atoms with Gasteiger partial charge in [-0.3, -0.25) is 44.3 Å². The molecular formula is C81H60Cl3N9O9. The maximum absolute atomic E-state index is 13.0. The van der Waals surface area contributed by atoms with Crippen LogP contribution >= 0.6 is 34.8 Å². The number of aromatic nitrogens is 6. The molecule has 0 saturated carbocycles. The number of nitrogens with zero attached hydrogens (tertiary/aromatic N) is 6. The Labute approximate surface area is 598 Å². The molecule has 0 aliphatic heterocycles. The van der Waals surface area contributed by atoms with Crippen LogP contribution in [0.3, 0.4) is 0 Å². The highest BCUT2D eigenvalue weighted by atomic mass is 35.5. The number of nitrogens with one attached hydrogen (secondary N) is 3. The molecule has 0 fully saturated rings. The van der Waals surface area contributed by atoms with Crippen molar-refractivity contribution in [1.29, 1.82) is 0 Å². The molecule has 18 nitrogen and oxygen atoms in total. The molecule has 0 aliphatic carbocycles. The van der Waals surface area contributed by atoms with Crippen molar-refractivity contribution >= 4 is 118 Å². The van der Waals surface area contributed by atoms with Crippen LogP contribution in [-0.4, -0.2) is 82.8 Å². The van der Waals surface area contributed by atoms with Gasteiger partial charge >= 0.3 is 0 Å². The van der Waals surface area contributed by atoms with Gasteiger partial charge in [0.1, 0.15) is 51.0 Å². The van der Waals surface area contributed by atoms with Gasteiger partial charge in [0.05, 0.1) is 49.7 Å². The van der Waals surface area contributed by atoms with Gasteiger partial charge in [0.15, 0.2) is 19.8 Å². The molecule has 21 heteroatoms. The number of pyridine rings is 6. The second-order valence-electron chi connectivity index (χ2n) is 23.2. The fraction of sp³-hybridized carbons (Fsp3) is 0.0741. The van der Waals surface area contributed by atoms with Gasteiger partial charge in [-0.25, -0.2) is 0 Å². The number of phenolic OH excluding ortho intramolecular Hbond substituents is 3. The quantitative estimate of drug-likeness (QED) is 0.0467. The number of phenols is 3. The Bertz CT molecular complexity index is 5000. The summed E-state index contributed by atoms with van der Waals surface area (Å²) >= 11 is 19.7. The van der Waals surface area contributed by atoms with E-state index < -0.39 is 18.1 Å². The summed E-state index contributed by atoms with van der Waals surface area (Å²) in [5, 5.41) is 48.3. The van der Waals surface area contributed by atoms with E-state index in [2.05, 4.69) is 45.9 Å². The van der Waals surface area contributed by atoms with Crippen molar-refractivity contribution < 1.29 is 43.9 Å². The van der Waals surface area contributed by atoms with Crippen molar-refractivity contribution in [2.75, 3.05) is 19.8 Å². The normalized spacial score (nSPS) is 11.9. The van der Waals surface area contributed by atoms with Gasteiger partial charge in [0, 0.05) is 91.8 Å². The SMILES string of the molecule is O=C(COc1ccccc1)NC(c1cc(Cl)c2cccnc2c1O)c1cccc2cccnc12.O=C(COc1ccccc1)NC(c1cc(Cl)c2cccnc2c1O)c1cccc2ncccc12.O=C(COc1ccccc1)NC(c1cc(Cl)c2cccnc2c1O)c1ccnc2ccccc12. The molecule has 0 aliphatic rings. The molecule has 6 aromatic heterocycles. The number of rotatable bonds is 18. The molecule has 6 N–H and O–H groups in total. The fourth-order valence-corrected chi connectivity index (χ4v) is 12.8. The number of hydrogen-bond acceptors (Lipinski definition) is 15. The number of hydrogen-bond donors (Lipinski definition) is 6. The van der Waals surface area contributed by atoms with Crippen molar-refractivity contribution in [2.24, 2.45) is 0 Å². The topological polar surface area (TPSA) is 253 Å². The maximum Gasteiger partial charge on any atom is 0.258 e. The number of ether oxygens (including phenoxy) is 3. The van der Waals surface area contributed by atoms with Gasteiger partial charge in [0.25, 0.3) is 17.7 Å². The van der Waals surface area contributed by atoms with Gasteiger partial charge in [-0.2, -0.15) is 0 Å². The Balaban J connectivity index is 0.000000137. The zero-order valence-electron chi connectivity index (χ0n) is 53.9. The third kappa shape index (κ3) is 15.4. The molecule has 102 heavy (non-hydrogen) atoms. The molecule has 0 saturated heterocycles. The Morgan fingerprint density at radius 3 is 1.08 bits per heavy atom. The van der Waals surface area contributed by atoms with Crippen LogP contribution in [0.5, 0.6) is 34.5 Å². The van der Waals surface area contributed by atoms with Crippen LogP contribution in [0.25, 0.3) is 65.4 Å². The van der Waals surface area contributed by atoms with Gasteiger partial charge in [-0.1, -0.05) is 150 Å². The van der Waals surface area contributed by atoms with E-state index >= 15 is 0 Å². The van der Waals surface area contributed by atoms with Crippen LogP contribution in [0, 0.1) is 0 Å². The lowest BCUT2D eigenvalue weighted by molar-refractivity contribution is -0.124. The van der Waals surface area contributed by atoms with Crippen LogP contribution in [-0.2, 0) is 14.4 Å². The van der Waals surface area contributed by atoms with E-state index in [1.807, 2.05) is 146 Å². The first-order valence-corrected chi connectivity index (χ1v) is 33.2. The van der Waals surface area contributed by atoms with Crippen LogP contribution in [0.4, 0.5) is 0 Å². The highest BCUT2D eigenvalue weighted by Crippen LogP contribution is 2.43. The molecule has 3 unspecified atom stereocenters. The highest BCUT2D eigenvalue weighted by molar-refractivity contribution is 6.36. The molecule has 15 rings (SSSR count). The second-order valence-corrected chi connectivity index (χ2v) is 24.4. The van der Waals surface area contributed by atoms with Crippen LogP contribution in [0.1, 0.15) is 51.5 Å². The zero-order chi connectivity index (χ0) is 70.5. The number of halogens is 3. The molecule has 6 heterocycles. The largest absolute Gasteiger partial charge is 0.505 e. The van der Waals surface area contributed by atoms with Gasteiger partial charge in [-0.05, 0) is 132 Å². The van der Waals surface area contributed by atoms with E-state index in [1.54, 1.807) is 128 Å². The molecule has 0 spiro atoms. The predicted octanol–water partition coefficient (Wildman–Crippen LogP) is 16.3. The van der Waals surface area contributed by atoms with E-state index in [4.69, 9.17) is 49.0 Å². The second kappa shape index (κ2) is 31.6. The van der Waals surface area contributed by atoms with Crippen molar-refractivity contribution in [3.8, 4) is 34.5 Å². The third-order valence-corrected chi connectivity index (χ3v) is 17.6. The van der Waals surface area contributed by atoms with Gasteiger partial charge in [0.2, 0.25) is 0 Å². The van der Waals surface area contributed by atoms with Crippen molar-refractivity contribution in [3.63, 3.8) is 0 Å². The molecule has 0 radical (unpaired) electrons. The van der Waals surface area contributed by atoms with E-state index in [1.165, 1.54) is 0 Å². The number of carbonyl (C=O) groups is 3. The first-order valence-electron chi connectivity index (χ1n) is 32.1. The molecule has 3 amide bonds. The number of para-hydroxylation sites is 5. The highest BCUT2D eigenvalue weighted by Gasteiger charge is 2.29. The minimum absolute atomic E-state index is 0.0461. The summed E-state index contributed by atoms with van der Waals surface area (Å²) in [4.78, 5) is 65.3. The number of amides is 3. The third-order valence-electron chi connectivity index (χ3n) is 16.7. The summed E-state index contributed by atoms with van der Waals surface area (Å²) in [6.45, 7) is -0.577. The first kappa shape index (κ1) is 68.1. The summed E-state index contributed by atoms with van der Waals surface area (Å²) in [6, 6.07) is 69.1. The van der Waals surface area contributed by atoms with E-state index in [-0.39, 0.29) is 54.8 Å². The Hall–Kier alpha value is -12.5. The van der Waals surface area contributed by atoms with Crippen molar-refractivity contribution in [1.82, 2.24) is 45.9 Å². The molecule has 0 bridgehead atoms. The van der Waals surface area contributed by atoms with Crippen LogP contribution < -0.4 is 30.2 Å². The molecular weight excluding hydrogens is 1350 g/mol. The number of benzene rings is 9. The average Bonchev–Trinajstić information content (AvgIpc) is 0.780. The Kier molecular flexibility index (Phi) is 21.1. The molecule has 3 atom stereocenters. The summed E-state index contributed by atoms with van der Waals surface area (Å²) in [5.41, 5.74) is 6.85. The van der Waals surface area contributed by atoms with Gasteiger partial charge in [-0.15, -0.1) is 0 Å². The minimum atomic E-state index is -0.741. The lowest BCUT2D eigenvalue weighted by Crippen LogP contribution is -2.33. The van der Waals surface area contributed by atoms with Crippen LogP contribution in [0.15, 0.2) is 274 Å². The van der Waals surface area contributed by atoms with Crippen molar-refractivity contribution in [3.05, 3.63) is 322 Å². The molecule has 9 aromatic carbocycles. The lowest BCUT2D eigenvalue weighted by atomic mass is 9.93. The van der Waals surface area contributed by atoms with Crippen LogP contribution in [0.2, 0.25) is 15.1 Å². The summed E-state index contributed by atoms with van der Waals surface area (Å²) in [5.74, 6) is 0.541. The number of carbonyl (C=O) groups excluding carboxylic acids is 3. The maximum atomic E-state index is 13.0. The summed E-state index contributed by atoms with van der Waals surface area (Å²) < 4.78 is 16.9. The lowest BCUT2D eigenvalue weighted by Gasteiger charge is -2.23. The average molecular weight is 1410 g/mol. The number of fused-ring (bicyclic) bond motifs is 6. The fourth-order valence-electron chi connectivity index (χ4n) is 12.0. The number of aromatic hydroxyl groups is 3. The Morgan fingerprint density at radius 1 is 0.314 bits per heavy atom. The van der Waals surface area contributed by atoms with Crippen molar-refractivity contribution in [2.45, 2.75) is 18.1 Å². The minimum Gasteiger partial charge on any atom is -0.505 e. The van der Waals surface area contributed by atoms with Gasteiger partial charge < -0.3 is 45.5 Å². The molecule has 15 aromatic rings. The Morgan fingerprint density at radius 2 is 0.627 bits per heavy atom. The van der Waals surface area contributed by atoms with E-state index in [9.17, 15) is 29.7 Å². The summed E-state index contributed by atoms with van der Waals surface area (Å²) in [7, 11) is 0. The van der Waals surface area contributed by atoms with E-state index in [0.29, 0.717) is 92.8 Å². The molecule has 504 valence electrons. The zero-order valence-corrected chi connectivity index (χ0v) is 56.2. The van der Waals surface area contributed by atoms with E-state index in [0.717, 1.165) is 38.3 Å². The first-order chi connectivity index (χ1) is 49.8.